The van der Waals surface area contributed by atoms with Gasteiger partial charge in [-0.25, -0.2) is 4.98 Å². The number of nitrogens with two attached hydrogens (primary N) is 1. The van der Waals surface area contributed by atoms with Crippen molar-refractivity contribution in [2.75, 3.05) is 22.1 Å². The Morgan fingerprint density at radius 3 is 2.55 bits per heavy atom. The fourth-order valence-electron chi connectivity index (χ4n) is 2.45. The molecule has 0 radical (unpaired) electrons. The molecule has 0 spiro atoms. The predicted octanol–water partition coefficient (Wildman–Crippen LogP) is 4.06. The van der Waals surface area contributed by atoms with Crippen LogP contribution in [-0.4, -0.2) is 27.5 Å². The molecule has 2 aromatic carbocycles. The molecule has 3 aromatic rings. The fraction of sp³-hybridized carbons (Fsp3) is 0.100. The lowest BCUT2D eigenvalue weighted by Crippen LogP contribution is -2.23. The van der Waals surface area contributed by atoms with Crippen molar-refractivity contribution in [3.05, 3.63) is 73.4 Å². The molecular weight excluding hydrogens is 506 g/mol. The summed E-state index contributed by atoms with van der Waals surface area (Å²) in [4.78, 5) is 43.4. The van der Waals surface area contributed by atoms with E-state index in [0.717, 1.165) is 21.8 Å². The Labute approximate surface area is 195 Å². The number of aromatic nitrogens is 2. The molecule has 5 N–H and O–H groups in total. The number of nitrogens with zero attached hydrogens (tertiary/aromatic N) is 1. The number of carbonyl (C=O) groups excluding carboxylic acids is 2. The highest BCUT2D eigenvalue weighted by Gasteiger charge is 2.15. The van der Waals surface area contributed by atoms with Crippen molar-refractivity contribution in [2.45, 2.75) is 12.1 Å². The molecule has 0 aliphatic carbocycles. The molecule has 3 rings (SSSR count). The summed E-state index contributed by atoms with van der Waals surface area (Å²) in [6.07, 6.45) is 0. The zero-order valence-electron chi connectivity index (χ0n) is 16.2. The van der Waals surface area contributed by atoms with Crippen LogP contribution < -0.4 is 21.9 Å². The minimum Gasteiger partial charge on any atom is -0.382 e. The van der Waals surface area contributed by atoms with Gasteiger partial charge in [0.1, 0.15) is 5.69 Å². The Balaban J connectivity index is 1.63. The van der Waals surface area contributed by atoms with E-state index in [1.165, 1.54) is 0 Å². The average molecular weight is 523 g/mol. The number of aromatic amines is 1. The minimum absolute atomic E-state index is 0.0154. The summed E-state index contributed by atoms with van der Waals surface area (Å²) in [7, 11) is 0. The SMILES string of the molecule is Cc1ccc(NC(=O)CSc2nc(N)c(NC(=O)c3ccc(Br)cc3)c(=O)[nH]2)cc1Cl. The van der Waals surface area contributed by atoms with E-state index in [1.807, 2.05) is 6.92 Å². The summed E-state index contributed by atoms with van der Waals surface area (Å²) >= 11 is 10.3. The molecule has 31 heavy (non-hydrogen) atoms. The Hall–Kier alpha value is -2.82. The maximum Gasteiger partial charge on any atom is 0.277 e. The molecule has 0 aliphatic heterocycles. The molecule has 8 nitrogen and oxygen atoms in total. The van der Waals surface area contributed by atoms with Crippen LogP contribution in [0.3, 0.4) is 0 Å². The van der Waals surface area contributed by atoms with E-state index in [-0.39, 0.29) is 28.3 Å². The fourth-order valence-corrected chi connectivity index (χ4v) is 3.56. The van der Waals surface area contributed by atoms with Crippen LogP contribution in [0.5, 0.6) is 0 Å². The lowest BCUT2D eigenvalue weighted by molar-refractivity contribution is -0.113. The van der Waals surface area contributed by atoms with Crippen LogP contribution in [0.4, 0.5) is 17.2 Å². The quantitative estimate of drug-likeness (QED) is 0.285. The molecule has 1 aromatic heterocycles. The highest BCUT2D eigenvalue weighted by molar-refractivity contribution is 9.10. The summed E-state index contributed by atoms with van der Waals surface area (Å²) in [5.74, 6) is -0.970. The number of H-pyrrole nitrogens is 1. The minimum atomic E-state index is -0.619. The van der Waals surface area contributed by atoms with Crippen LogP contribution in [-0.2, 0) is 4.79 Å². The molecule has 0 bridgehead atoms. The van der Waals surface area contributed by atoms with Gasteiger partial charge in [-0.2, -0.15) is 0 Å². The van der Waals surface area contributed by atoms with Gasteiger partial charge in [-0.3, -0.25) is 19.4 Å². The average Bonchev–Trinajstić information content (AvgIpc) is 2.72. The number of benzene rings is 2. The second kappa shape index (κ2) is 9.99. The summed E-state index contributed by atoms with van der Waals surface area (Å²) in [6, 6.07) is 11.8. The van der Waals surface area contributed by atoms with Crippen LogP contribution >= 0.6 is 39.3 Å². The van der Waals surface area contributed by atoms with Crippen LogP contribution in [0, 0.1) is 6.92 Å². The topological polar surface area (TPSA) is 130 Å². The van der Waals surface area contributed by atoms with E-state index in [1.54, 1.807) is 42.5 Å². The van der Waals surface area contributed by atoms with E-state index in [2.05, 4.69) is 36.5 Å². The molecule has 1 heterocycles. The van der Waals surface area contributed by atoms with Gasteiger partial charge < -0.3 is 16.4 Å². The number of nitrogens with one attached hydrogen (secondary N) is 3. The number of amides is 2. The summed E-state index contributed by atoms with van der Waals surface area (Å²) in [5, 5.41) is 5.88. The van der Waals surface area contributed by atoms with Crippen molar-refractivity contribution in [1.29, 1.82) is 0 Å². The number of hydrogen-bond acceptors (Lipinski definition) is 6. The third kappa shape index (κ3) is 6.09. The Bertz CT molecular complexity index is 1200. The zero-order valence-corrected chi connectivity index (χ0v) is 19.3. The molecule has 0 saturated carbocycles. The molecule has 0 fully saturated rings. The molecule has 0 aliphatic rings. The van der Waals surface area contributed by atoms with Crippen LogP contribution in [0.25, 0.3) is 0 Å². The molecule has 0 saturated heterocycles. The summed E-state index contributed by atoms with van der Waals surface area (Å²) in [5.41, 5.74) is 6.90. The molecule has 160 valence electrons. The number of thioether (sulfide) groups is 1. The number of hydrogen-bond donors (Lipinski definition) is 4. The number of halogens is 2. The van der Waals surface area contributed by atoms with E-state index in [0.29, 0.717) is 16.3 Å². The maximum absolute atomic E-state index is 12.4. The molecule has 11 heteroatoms. The van der Waals surface area contributed by atoms with Gasteiger partial charge in [-0.05, 0) is 48.9 Å². The third-order valence-corrected chi connectivity index (χ3v) is 5.88. The first-order chi connectivity index (χ1) is 14.7. The Morgan fingerprint density at radius 1 is 1.19 bits per heavy atom. The third-order valence-electron chi connectivity index (χ3n) is 4.07. The normalized spacial score (nSPS) is 10.5. The monoisotopic (exact) mass is 521 g/mol. The number of aryl methyl sites for hydroxylation is 1. The van der Waals surface area contributed by atoms with Crippen LogP contribution in [0.2, 0.25) is 5.02 Å². The number of rotatable bonds is 6. The molecule has 0 atom stereocenters. The van der Waals surface area contributed by atoms with Gasteiger partial charge in [0.15, 0.2) is 11.0 Å². The van der Waals surface area contributed by atoms with Crippen LogP contribution in [0.15, 0.2) is 56.9 Å². The van der Waals surface area contributed by atoms with E-state index in [4.69, 9.17) is 17.3 Å². The van der Waals surface area contributed by atoms with Crippen molar-refractivity contribution in [2.24, 2.45) is 0 Å². The highest BCUT2D eigenvalue weighted by atomic mass is 79.9. The Kier molecular flexibility index (Phi) is 7.37. The lowest BCUT2D eigenvalue weighted by atomic mass is 10.2. The molecule has 0 unspecified atom stereocenters. The number of carbonyl (C=O) groups is 2. The van der Waals surface area contributed by atoms with Crippen molar-refractivity contribution < 1.29 is 9.59 Å². The second-order valence-corrected chi connectivity index (χ2v) is 8.68. The number of anilines is 3. The van der Waals surface area contributed by atoms with E-state index >= 15 is 0 Å². The first-order valence-electron chi connectivity index (χ1n) is 8.88. The zero-order chi connectivity index (χ0) is 22.5. The van der Waals surface area contributed by atoms with Crippen molar-refractivity contribution in [3.63, 3.8) is 0 Å². The summed E-state index contributed by atoms with van der Waals surface area (Å²) < 4.78 is 0.818. The van der Waals surface area contributed by atoms with Crippen LogP contribution in [0.1, 0.15) is 15.9 Å². The first kappa shape index (κ1) is 22.9. The molecular formula is C20H17BrClN5O3S. The van der Waals surface area contributed by atoms with Gasteiger partial charge in [0.2, 0.25) is 5.91 Å². The molecule has 2 amide bonds. The predicted molar refractivity (Wildman–Crippen MR) is 127 cm³/mol. The van der Waals surface area contributed by atoms with Gasteiger partial charge in [0.05, 0.1) is 5.75 Å². The smallest absolute Gasteiger partial charge is 0.277 e. The van der Waals surface area contributed by atoms with E-state index < -0.39 is 11.5 Å². The maximum atomic E-state index is 12.4. The summed E-state index contributed by atoms with van der Waals surface area (Å²) in [6.45, 7) is 1.86. The largest absolute Gasteiger partial charge is 0.382 e. The van der Waals surface area contributed by atoms with Gasteiger partial charge in [0.25, 0.3) is 11.5 Å². The first-order valence-corrected chi connectivity index (χ1v) is 11.0. The second-order valence-electron chi connectivity index (χ2n) is 6.39. The Morgan fingerprint density at radius 2 is 1.90 bits per heavy atom. The van der Waals surface area contributed by atoms with Crippen molar-refractivity contribution in [3.8, 4) is 0 Å². The standard InChI is InChI=1S/C20H17BrClN5O3S/c1-10-2-7-13(8-14(10)22)24-15(28)9-31-20-26-17(23)16(19(30)27-20)25-18(29)11-3-5-12(21)6-4-11/h2-8H,9H2,1H3,(H,24,28)(H,25,29)(H3,23,26,27,30). The van der Waals surface area contributed by atoms with Gasteiger partial charge >= 0.3 is 0 Å². The lowest BCUT2D eigenvalue weighted by Gasteiger charge is -2.09. The highest BCUT2D eigenvalue weighted by Crippen LogP contribution is 2.21. The van der Waals surface area contributed by atoms with Crippen molar-refractivity contribution in [1.82, 2.24) is 9.97 Å². The van der Waals surface area contributed by atoms with Crippen molar-refractivity contribution >= 4 is 68.3 Å². The number of nitrogen functional groups attached to an aromatic ring is 1. The van der Waals surface area contributed by atoms with Gasteiger partial charge in [0, 0.05) is 20.7 Å². The van der Waals surface area contributed by atoms with Gasteiger partial charge in [-0.1, -0.05) is 45.4 Å². The van der Waals surface area contributed by atoms with Gasteiger partial charge in [-0.15, -0.1) is 0 Å². The van der Waals surface area contributed by atoms with E-state index in [9.17, 15) is 14.4 Å².